The number of carbonyl (C=O) groups excluding carboxylic acids is 1. The highest BCUT2D eigenvalue weighted by atomic mass is 16.2. The summed E-state index contributed by atoms with van der Waals surface area (Å²) in [5.41, 5.74) is 3.65. The molecule has 1 fully saturated rings. The molecule has 1 heterocycles. The van der Waals surface area contributed by atoms with E-state index in [4.69, 9.17) is 5.26 Å². The van der Waals surface area contributed by atoms with Crippen LogP contribution in [0, 0.1) is 31.1 Å². The van der Waals surface area contributed by atoms with Crippen molar-refractivity contribution in [2.45, 2.75) is 33.2 Å². The first-order valence-corrected chi connectivity index (χ1v) is 6.33. The van der Waals surface area contributed by atoms with Gasteiger partial charge in [-0.2, -0.15) is 5.26 Å². The number of benzene rings is 1. The van der Waals surface area contributed by atoms with Crippen LogP contribution in [0.4, 0.5) is 0 Å². The van der Waals surface area contributed by atoms with Gasteiger partial charge in [0.25, 0.3) is 0 Å². The third kappa shape index (κ3) is 2.70. The number of likely N-dealkylation sites (tertiary alicyclic amines) is 1. The molecular weight excluding hydrogens is 224 g/mol. The number of amides is 1. The number of nitrogens with zero attached hydrogens (tertiary/aromatic N) is 2. The van der Waals surface area contributed by atoms with Gasteiger partial charge in [-0.15, -0.1) is 0 Å². The van der Waals surface area contributed by atoms with Gasteiger partial charge in [-0.05, 0) is 37.0 Å². The summed E-state index contributed by atoms with van der Waals surface area (Å²) < 4.78 is 0. The topological polar surface area (TPSA) is 44.1 Å². The van der Waals surface area contributed by atoms with Crippen molar-refractivity contribution in [3.63, 3.8) is 0 Å². The Kier molecular flexibility index (Phi) is 3.66. The van der Waals surface area contributed by atoms with Crippen molar-refractivity contribution in [1.29, 1.82) is 5.26 Å². The van der Waals surface area contributed by atoms with Crippen LogP contribution in [0.1, 0.15) is 29.5 Å². The second kappa shape index (κ2) is 5.22. The maximum Gasteiger partial charge on any atom is 0.222 e. The molecule has 1 unspecified atom stereocenters. The second-order valence-corrected chi connectivity index (χ2v) is 5.06. The number of carbonyl (C=O) groups is 1. The monoisotopic (exact) mass is 242 g/mol. The average Bonchev–Trinajstić information content (AvgIpc) is 2.36. The summed E-state index contributed by atoms with van der Waals surface area (Å²) >= 11 is 0. The minimum Gasteiger partial charge on any atom is -0.337 e. The van der Waals surface area contributed by atoms with E-state index in [0.29, 0.717) is 25.9 Å². The maximum atomic E-state index is 11.8. The molecule has 0 saturated carbocycles. The van der Waals surface area contributed by atoms with Crippen molar-refractivity contribution in [3.8, 4) is 6.07 Å². The van der Waals surface area contributed by atoms with E-state index in [-0.39, 0.29) is 11.8 Å². The lowest BCUT2D eigenvalue weighted by Crippen LogP contribution is -2.38. The van der Waals surface area contributed by atoms with Gasteiger partial charge in [-0.25, -0.2) is 0 Å². The number of hydrogen-bond donors (Lipinski definition) is 0. The van der Waals surface area contributed by atoms with Crippen molar-refractivity contribution in [3.05, 3.63) is 34.9 Å². The summed E-state index contributed by atoms with van der Waals surface area (Å²) in [5.74, 6) is 0.161. The smallest absolute Gasteiger partial charge is 0.222 e. The first kappa shape index (κ1) is 12.6. The first-order chi connectivity index (χ1) is 8.60. The Hall–Kier alpha value is -1.82. The zero-order chi connectivity index (χ0) is 13.1. The third-order valence-corrected chi connectivity index (χ3v) is 3.63. The summed E-state index contributed by atoms with van der Waals surface area (Å²) in [4.78, 5) is 13.6. The van der Waals surface area contributed by atoms with E-state index in [0.717, 1.165) is 5.56 Å². The first-order valence-electron chi connectivity index (χ1n) is 6.33. The van der Waals surface area contributed by atoms with Crippen molar-refractivity contribution < 1.29 is 4.79 Å². The van der Waals surface area contributed by atoms with Gasteiger partial charge in [0.15, 0.2) is 0 Å². The molecule has 18 heavy (non-hydrogen) atoms. The van der Waals surface area contributed by atoms with Gasteiger partial charge in [0.05, 0.1) is 12.0 Å². The highest BCUT2D eigenvalue weighted by Gasteiger charge is 2.25. The minimum absolute atomic E-state index is 0.00533. The van der Waals surface area contributed by atoms with Gasteiger partial charge in [0.1, 0.15) is 0 Å². The molecule has 1 atom stereocenters. The van der Waals surface area contributed by atoms with Crippen LogP contribution in [0.5, 0.6) is 0 Å². The molecule has 1 saturated heterocycles. The Bertz CT molecular complexity index is 502. The lowest BCUT2D eigenvalue weighted by Gasteiger charge is -2.29. The average molecular weight is 242 g/mol. The van der Waals surface area contributed by atoms with E-state index in [2.05, 4.69) is 38.1 Å². The van der Waals surface area contributed by atoms with Gasteiger partial charge in [-0.3, -0.25) is 4.79 Å². The van der Waals surface area contributed by atoms with E-state index < -0.39 is 0 Å². The molecule has 2 rings (SSSR count). The highest BCUT2D eigenvalue weighted by Crippen LogP contribution is 2.20. The molecule has 0 aliphatic carbocycles. The molecule has 0 N–H and O–H groups in total. The third-order valence-electron chi connectivity index (χ3n) is 3.63. The fraction of sp³-hybridized carbons (Fsp3) is 0.467. The fourth-order valence-electron chi connectivity index (χ4n) is 2.30. The lowest BCUT2D eigenvalue weighted by atomic mass is 9.98. The fourth-order valence-corrected chi connectivity index (χ4v) is 2.30. The highest BCUT2D eigenvalue weighted by molar-refractivity contribution is 5.77. The van der Waals surface area contributed by atoms with Crippen LogP contribution in [0.2, 0.25) is 0 Å². The van der Waals surface area contributed by atoms with Crippen molar-refractivity contribution in [1.82, 2.24) is 4.90 Å². The molecule has 3 nitrogen and oxygen atoms in total. The van der Waals surface area contributed by atoms with Gasteiger partial charge < -0.3 is 4.90 Å². The lowest BCUT2D eigenvalue weighted by molar-refractivity contribution is -0.134. The summed E-state index contributed by atoms with van der Waals surface area (Å²) in [7, 11) is 0. The van der Waals surface area contributed by atoms with E-state index in [1.807, 2.05) is 4.90 Å². The Morgan fingerprint density at radius 2 is 2.17 bits per heavy atom. The molecule has 1 aromatic rings. The molecule has 0 aromatic heterocycles. The Balaban J connectivity index is 2.10. The van der Waals surface area contributed by atoms with Gasteiger partial charge in [-0.1, -0.05) is 18.2 Å². The molecule has 3 heteroatoms. The largest absolute Gasteiger partial charge is 0.337 e. The summed E-state index contributed by atoms with van der Waals surface area (Å²) in [6.07, 6.45) is 1.21. The number of hydrogen-bond acceptors (Lipinski definition) is 2. The minimum atomic E-state index is -0.00533. The van der Waals surface area contributed by atoms with Crippen molar-refractivity contribution in [2.75, 3.05) is 6.54 Å². The molecule has 0 radical (unpaired) electrons. The Morgan fingerprint density at radius 3 is 2.83 bits per heavy atom. The van der Waals surface area contributed by atoms with Crippen molar-refractivity contribution >= 4 is 5.91 Å². The van der Waals surface area contributed by atoms with Crippen LogP contribution < -0.4 is 0 Å². The van der Waals surface area contributed by atoms with Gasteiger partial charge in [0.2, 0.25) is 5.91 Å². The van der Waals surface area contributed by atoms with E-state index >= 15 is 0 Å². The maximum absolute atomic E-state index is 11.8. The predicted octanol–water partition coefficient (Wildman–Crippen LogP) is 2.57. The SMILES string of the molecule is Cc1ccc(CN2CC(C#N)CCC2=O)cc1C. The molecule has 1 aromatic carbocycles. The summed E-state index contributed by atoms with van der Waals surface area (Å²) in [6, 6.07) is 8.54. The normalized spacial score (nSPS) is 19.7. The zero-order valence-corrected chi connectivity index (χ0v) is 10.9. The summed E-state index contributed by atoms with van der Waals surface area (Å²) in [5, 5.41) is 8.95. The van der Waals surface area contributed by atoms with Gasteiger partial charge in [0, 0.05) is 19.5 Å². The quantitative estimate of drug-likeness (QED) is 0.800. The Morgan fingerprint density at radius 1 is 1.39 bits per heavy atom. The number of nitriles is 1. The van der Waals surface area contributed by atoms with E-state index in [1.54, 1.807) is 0 Å². The molecule has 0 spiro atoms. The molecule has 1 aliphatic heterocycles. The van der Waals surface area contributed by atoms with Crippen LogP contribution in [0.25, 0.3) is 0 Å². The molecule has 1 aliphatic rings. The zero-order valence-electron chi connectivity index (χ0n) is 10.9. The van der Waals surface area contributed by atoms with Crippen LogP contribution in [-0.2, 0) is 11.3 Å². The molecule has 94 valence electrons. The predicted molar refractivity (Wildman–Crippen MR) is 69.7 cm³/mol. The van der Waals surface area contributed by atoms with Crippen LogP contribution in [0.3, 0.4) is 0 Å². The van der Waals surface area contributed by atoms with Crippen LogP contribution in [-0.4, -0.2) is 17.4 Å². The standard InChI is InChI=1S/C15H18N2O/c1-11-3-4-13(7-12(11)2)9-17-10-14(8-16)5-6-15(17)18/h3-4,7,14H,5-6,9-10H2,1-2H3. The Labute approximate surface area is 108 Å². The van der Waals surface area contributed by atoms with Gasteiger partial charge >= 0.3 is 0 Å². The second-order valence-electron chi connectivity index (χ2n) is 5.06. The van der Waals surface area contributed by atoms with Crippen LogP contribution >= 0.6 is 0 Å². The number of aryl methyl sites for hydroxylation is 2. The molecule has 0 bridgehead atoms. The summed E-state index contributed by atoms with van der Waals surface area (Å²) in [6.45, 7) is 5.35. The van der Waals surface area contributed by atoms with Crippen molar-refractivity contribution in [2.24, 2.45) is 5.92 Å². The number of piperidine rings is 1. The number of rotatable bonds is 2. The van der Waals surface area contributed by atoms with E-state index in [9.17, 15) is 4.79 Å². The van der Waals surface area contributed by atoms with E-state index in [1.165, 1.54) is 11.1 Å². The van der Waals surface area contributed by atoms with Crippen LogP contribution in [0.15, 0.2) is 18.2 Å². The molecule has 1 amide bonds. The molecular formula is C15H18N2O.